The summed E-state index contributed by atoms with van der Waals surface area (Å²) in [6.07, 6.45) is 0.586. The number of hydrogen-bond acceptors (Lipinski definition) is 3. The average molecular weight is 443 g/mol. The Kier molecular flexibility index (Phi) is 7.29. The van der Waals surface area contributed by atoms with Gasteiger partial charge >= 0.3 is 5.97 Å². The van der Waals surface area contributed by atoms with Crippen molar-refractivity contribution in [3.63, 3.8) is 0 Å². The highest BCUT2D eigenvalue weighted by molar-refractivity contribution is 7.91. The fraction of sp³-hybridized carbons (Fsp3) is 0.208. The molecular weight excluding hydrogens is 420 g/mol. The van der Waals surface area contributed by atoms with Crippen LogP contribution in [-0.2, 0) is 21.1 Å². The predicted molar refractivity (Wildman–Crippen MR) is 118 cm³/mol. The van der Waals surface area contributed by atoms with E-state index in [1.54, 1.807) is 54.6 Å². The first-order chi connectivity index (χ1) is 14.4. The highest BCUT2D eigenvalue weighted by Crippen LogP contribution is 2.39. The smallest absolute Gasteiger partial charge is 0.303 e. The van der Waals surface area contributed by atoms with Crippen LogP contribution in [0.4, 0.5) is 0 Å². The van der Waals surface area contributed by atoms with Gasteiger partial charge in [-0.25, -0.2) is 8.42 Å². The van der Waals surface area contributed by atoms with Gasteiger partial charge in [0.2, 0.25) is 0 Å². The van der Waals surface area contributed by atoms with Crippen molar-refractivity contribution in [2.24, 2.45) is 5.92 Å². The fourth-order valence-electron chi connectivity index (χ4n) is 3.70. The second kappa shape index (κ2) is 9.92. The molecule has 6 heteroatoms. The molecule has 0 fully saturated rings. The summed E-state index contributed by atoms with van der Waals surface area (Å²) in [5, 5.41) is 8.89. The van der Waals surface area contributed by atoms with Crippen LogP contribution in [-0.4, -0.2) is 19.5 Å². The number of halogens is 1. The molecule has 0 bridgehead atoms. The molecule has 0 radical (unpaired) electrons. The second-order valence-electron chi connectivity index (χ2n) is 7.21. The van der Waals surface area contributed by atoms with Crippen molar-refractivity contribution in [1.82, 2.24) is 0 Å². The van der Waals surface area contributed by atoms with Gasteiger partial charge in [-0.2, -0.15) is 0 Å². The molecule has 3 aromatic carbocycles. The van der Waals surface area contributed by atoms with E-state index in [0.717, 1.165) is 5.56 Å². The molecule has 0 saturated heterocycles. The van der Waals surface area contributed by atoms with Crippen LogP contribution < -0.4 is 0 Å². The molecule has 0 amide bonds. The lowest BCUT2D eigenvalue weighted by molar-refractivity contribution is -0.137. The lowest BCUT2D eigenvalue weighted by Crippen LogP contribution is -2.25. The van der Waals surface area contributed by atoms with E-state index in [1.165, 1.54) is 0 Å². The highest BCUT2D eigenvalue weighted by atomic mass is 35.5. The van der Waals surface area contributed by atoms with Gasteiger partial charge in [0.1, 0.15) is 0 Å². The summed E-state index contributed by atoms with van der Waals surface area (Å²) in [5.74, 6) is -1.37. The van der Waals surface area contributed by atoms with Crippen LogP contribution in [0.1, 0.15) is 29.2 Å². The van der Waals surface area contributed by atoms with Crippen molar-refractivity contribution in [3.05, 3.63) is 101 Å². The number of benzene rings is 3. The molecule has 30 heavy (non-hydrogen) atoms. The van der Waals surface area contributed by atoms with E-state index in [4.69, 9.17) is 11.6 Å². The van der Waals surface area contributed by atoms with Crippen molar-refractivity contribution < 1.29 is 18.3 Å². The third-order valence-corrected chi connectivity index (χ3v) is 7.61. The summed E-state index contributed by atoms with van der Waals surface area (Å²) in [5.41, 5.74) is 1.57. The van der Waals surface area contributed by atoms with E-state index in [1.807, 2.05) is 30.3 Å². The van der Waals surface area contributed by atoms with Crippen molar-refractivity contribution in [2.75, 3.05) is 0 Å². The minimum absolute atomic E-state index is 0.105. The van der Waals surface area contributed by atoms with Crippen molar-refractivity contribution >= 4 is 27.4 Å². The minimum Gasteiger partial charge on any atom is -0.481 e. The summed E-state index contributed by atoms with van der Waals surface area (Å²) >= 11 is 6.03. The van der Waals surface area contributed by atoms with Gasteiger partial charge in [0.05, 0.1) is 10.1 Å². The van der Waals surface area contributed by atoms with Crippen LogP contribution in [0, 0.1) is 5.92 Å². The van der Waals surface area contributed by atoms with E-state index < -0.39 is 27.0 Å². The molecule has 0 spiro atoms. The molecule has 0 aliphatic rings. The Labute approximate surface area is 182 Å². The molecule has 1 N–H and O–H groups in total. The quantitative estimate of drug-likeness (QED) is 0.469. The average Bonchev–Trinajstić information content (AvgIpc) is 2.74. The standard InChI is InChI=1S/C24H23ClO4S/c25-21-14-11-19(12-15-21)24(30(28,29)22-9-5-2-6-10-22)20(13-16-23(26)27)17-18-7-3-1-4-8-18/h1-12,14-15,20,24H,13,16-17H2,(H,26,27). The summed E-state index contributed by atoms with van der Waals surface area (Å²) in [7, 11) is -3.77. The molecule has 0 aliphatic carbocycles. The van der Waals surface area contributed by atoms with Crippen molar-refractivity contribution in [3.8, 4) is 0 Å². The molecule has 0 saturated carbocycles. The monoisotopic (exact) mass is 442 g/mol. The normalized spacial score (nSPS) is 13.5. The summed E-state index contributed by atoms with van der Waals surface area (Å²) in [6, 6.07) is 24.6. The SMILES string of the molecule is O=C(O)CCC(Cc1ccccc1)C(c1ccc(Cl)cc1)S(=O)(=O)c1ccccc1. The minimum atomic E-state index is -3.77. The first-order valence-corrected chi connectivity index (χ1v) is 11.6. The van der Waals surface area contributed by atoms with Crippen LogP contribution >= 0.6 is 11.6 Å². The largest absolute Gasteiger partial charge is 0.481 e. The van der Waals surface area contributed by atoms with E-state index in [0.29, 0.717) is 17.0 Å². The van der Waals surface area contributed by atoms with Gasteiger partial charge in [-0.15, -0.1) is 0 Å². The van der Waals surface area contributed by atoms with Crippen molar-refractivity contribution in [2.45, 2.75) is 29.4 Å². The van der Waals surface area contributed by atoms with E-state index >= 15 is 0 Å². The van der Waals surface area contributed by atoms with Crippen LogP contribution in [0.3, 0.4) is 0 Å². The predicted octanol–water partition coefficient (Wildman–Crippen LogP) is 5.58. The van der Waals surface area contributed by atoms with Gasteiger partial charge in [-0.3, -0.25) is 4.79 Å². The number of sulfone groups is 1. The molecule has 156 valence electrons. The Morgan fingerprint density at radius 1 is 0.867 bits per heavy atom. The maximum Gasteiger partial charge on any atom is 0.303 e. The molecule has 2 unspecified atom stereocenters. The molecular formula is C24H23ClO4S. The van der Waals surface area contributed by atoms with E-state index in [9.17, 15) is 18.3 Å². The Morgan fingerprint density at radius 3 is 2.00 bits per heavy atom. The topological polar surface area (TPSA) is 71.4 Å². The third kappa shape index (κ3) is 5.49. The maximum atomic E-state index is 13.7. The Balaban J connectivity index is 2.10. The molecule has 4 nitrogen and oxygen atoms in total. The van der Waals surface area contributed by atoms with Gasteiger partial charge in [0, 0.05) is 11.4 Å². The zero-order valence-electron chi connectivity index (χ0n) is 16.3. The van der Waals surface area contributed by atoms with Gasteiger partial charge in [0.15, 0.2) is 9.84 Å². The summed E-state index contributed by atoms with van der Waals surface area (Å²) in [6.45, 7) is 0. The first kappa shape index (κ1) is 22.1. The molecule has 3 rings (SSSR count). The zero-order chi connectivity index (χ0) is 21.6. The highest BCUT2D eigenvalue weighted by Gasteiger charge is 2.36. The number of aliphatic carboxylic acids is 1. The first-order valence-electron chi connectivity index (χ1n) is 9.68. The number of carbonyl (C=O) groups is 1. The van der Waals surface area contributed by atoms with Gasteiger partial charge in [-0.1, -0.05) is 72.3 Å². The summed E-state index contributed by atoms with van der Waals surface area (Å²) in [4.78, 5) is 11.5. The molecule has 2 atom stereocenters. The van der Waals surface area contributed by atoms with E-state index in [-0.39, 0.29) is 17.7 Å². The molecule has 0 heterocycles. The molecule has 3 aromatic rings. The number of carboxylic acids is 1. The second-order valence-corrected chi connectivity index (χ2v) is 9.72. The molecule has 0 aliphatic heterocycles. The third-order valence-electron chi connectivity index (χ3n) is 5.10. The zero-order valence-corrected chi connectivity index (χ0v) is 17.9. The van der Waals surface area contributed by atoms with Crippen molar-refractivity contribution in [1.29, 1.82) is 0 Å². The van der Waals surface area contributed by atoms with Gasteiger partial charge < -0.3 is 5.11 Å². The Morgan fingerprint density at radius 2 is 1.43 bits per heavy atom. The van der Waals surface area contributed by atoms with Crippen LogP contribution in [0.15, 0.2) is 89.8 Å². The summed E-state index contributed by atoms with van der Waals surface area (Å²) < 4.78 is 27.4. The van der Waals surface area contributed by atoms with Crippen LogP contribution in [0.25, 0.3) is 0 Å². The molecule has 0 aromatic heterocycles. The Bertz CT molecular complexity index is 1070. The lowest BCUT2D eigenvalue weighted by Gasteiger charge is -2.28. The number of carboxylic acid groups (broad SMARTS) is 1. The fourth-order valence-corrected chi connectivity index (χ4v) is 5.91. The van der Waals surface area contributed by atoms with E-state index in [2.05, 4.69) is 0 Å². The Hall–Kier alpha value is -2.63. The maximum absolute atomic E-state index is 13.7. The van der Waals surface area contributed by atoms with Gasteiger partial charge in [-0.05, 0) is 54.2 Å². The van der Waals surface area contributed by atoms with Gasteiger partial charge in [0.25, 0.3) is 0 Å². The number of hydrogen-bond donors (Lipinski definition) is 1. The number of rotatable bonds is 9. The van der Waals surface area contributed by atoms with Crippen LogP contribution in [0.5, 0.6) is 0 Å². The lowest BCUT2D eigenvalue weighted by atomic mass is 9.88. The van der Waals surface area contributed by atoms with Crippen LogP contribution in [0.2, 0.25) is 5.02 Å².